The number of hydrogen-bond donors (Lipinski definition) is 0. The monoisotopic (exact) mass is 335 g/mol. The number of esters is 1. The number of ether oxygens (including phenoxy) is 2. The summed E-state index contributed by atoms with van der Waals surface area (Å²) in [6.45, 7) is 6.71. The summed E-state index contributed by atoms with van der Waals surface area (Å²) in [5, 5.41) is 0. The van der Waals surface area contributed by atoms with E-state index in [9.17, 15) is 9.59 Å². The number of carbonyl (C=O) groups excluding carboxylic acids is 2. The van der Waals surface area contributed by atoms with Crippen LogP contribution in [0.5, 0.6) is 5.75 Å². The van der Waals surface area contributed by atoms with Crippen molar-refractivity contribution in [1.29, 1.82) is 0 Å². The highest BCUT2D eigenvalue weighted by atomic mass is 16.5. The SMILES string of the molecule is CCC(C)N(CC(C)C(=O)OC)C(=O)CCCOc1ccccc1. The van der Waals surface area contributed by atoms with Gasteiger partial charge in [-0.15, -0.1) is 0 Å². The third-order valence-electron chi connectivity index (χ3n) is 4.06. The first-order chi connectivity index (χ1) is 11.5. The van der Waals surface area contributed by atoms with Crippen LogP contribution in [0.25, 0.3) is 0 Å². The van der Waals surface area contributed by atoms with Gasteiger partial charge in [0, 0.05) is 19.0 Å². The number of rotatable bonds is 10. The largest absolute Gasteiger partial charge is 0.494 e. The summed E-state index contributed by atoms with van der Waals surface area (Å²) in [5.74, 6) is 0.247. The number of para-hydroxylation sites is 1. The molecule has 0 aliphatic heterocycles. The van der Waals surface area contributed by atoms with Crippen molar-refractivity contribution < 1.29 is 19.1 Å². The molecule has 1 aromatic rings. The van der Waals surface area contributed by atoms with Crippen LogP contribution in [0, 0.1) is 5.92 Å². The maximum atomic E-state index is 12.5. The van der Waals surface area contributed by atoms with Gasteiger partial charge >= 0.3 is 5.97 Å². The molecule has 2 atom stereocenters. The van der Waals surface area contributed by atoms with Gasteiger partial charge in [0.2, 0.25) is 5.91 Å². The lowest BCUT2D eigenvalue weighted by Crippen LogP contribution is -2.42. The molecule has 0 N–H and O–H groups in total. The zero-order chi connectivity index (χ0) is 17.9. The van der Waals surface area contributed by atoms with E-state index in [1.165, 1.54) is 7.11 Å². The number of amides is 1. The highest BCUT2D eigenvalue weighted by Crippen LogP contribution is 2.13. The Balaban J connectivity index is 2.47. The topological polar surface area (TPSA) is 55.8 Å². The van der Waals surface area contributed by atoms with Crippen molar-refractivity contribution in [2.24, 2.45) is 5.92 Å². The van der Waals surface area contributed by atoms with E-state index in [2.05, 4.69) is 0 Å². The van der Waals surface area contributed by atoms with Gasteiger partial charge in [-0.25, -0.2) is 0 Å². The smallest absolute Gasteiger partial charge is 0.310 e. The van der Waals surface area contributed by atoms with Gasteiger partial charge in [-0.05, 0) is 31.9 Å². The van der Waals surface area contributed by atoms with E-state index in [-0.39, 0.29) is 23.8 Å². The fourth-order valence-corrected chi connectivity index (χ4v) is 2.39. The van der Waals surface area contributed by atoms with Gasteiger partial charge in [0.1, 0.15) is 5.75 Å². The van der Waals surface area contributed by atoms with Gasteiger partial charge in [0.05, 0.1) is 19.6 Å². The van der Waals surface area contributed by atoms with Crippen molar-refractivity contribution in [2.75, 3.05) is 20.3 Å². The summed E-state index contributed by atoms with van der Waals surface area (Å²) in [6.07, 6.45) is 1.90. The summed E-state index contributed by atoms with van der Waals surface area (Å²) in [5.41, 5.74) is 0. The Bertz CT molecular complexity index is 503. The van der Waals surface area contributed by atoms with Crippen molar-refractivity contribution >= 4 is 11.9 Å². The predicted molar refractivity (Wildman–Crippen MR) is 93.8 cm³/mol. The zero-order valence-electron chi connectivity index (χ0n) is 15.2. The van der Waals surface area contributed by atoms with Gasteiger partial charge in [0.15, 0.2) is 0 Å². The highest BCUT2D eigenvalue weighted by molar-refractivity contribution is 5.78. The molecule has 1 rings (SSSR count). The van der Waals surface area contributed by atoms with Crippen LogP contribution in [0.4, 0.5) is 0 Å². The molecule has 0 heterocycles. The maximum absolute atomic E-state index is 12.5. The normalized spacial score (nSPS) is 13.0. The molecule has 1 aromatic carbocycles. The molecule has 5 nitrogen and oxygen atoms in total. The minimum atomic E-state index is -0.325. The summed E-state index contributed by atoms with van der Waals surface area (Å²) in [4.78, 5) is 25.9. The molecule has 2 unspecified atom stereocenters. The Hall–Kier alpha value is -2.04. The van der Waals surface area contributed by atoms with E-state index in [0.29, 0.717) is 26.0 Å². The summed E-state index contributed by atoms with van der Waals surface area (Å²) in [7, 11) is 1.37. The standard InChI is InChI=1S/C19H29NO4/c1-5-16(3)20(14-15(2)19(22)23-4)18(21)12-9-13-24-17-10-7-6-8-11-17/h6-8,10-11,15-16H,5,9,12-14H2,1-4H3. The van der Waals surface area contributed by atoms with Crippen LogP contribution in [0.2, 0.25) is 0 Å². The first-order valence-corrected chi connectivity index (χ1v) is 8.54. The number of carbonyl (C=O) groups is 2. The van der Waals surface area contributed by atoms with E-state index in [0.717, 1.165) is 12.2 Å². The van der Waals surface area contributed by atoms with Crippen LogP contribution < -0.4 is 4.74 Å². The van der Waals surface area contributed by atoms with Crippen molar-refractivity contribution in [1.82, 2.24) is 4.90 Å². The number of benzene rings is 1. The summed E-state index contributed by atoms with van der Waals surface area (Å²) in [6, 6.07) is 9.65. The molecule has 0 aliphatic rings. The third kappa shape index (κ3) is 6.60. The molecule has 0 fully saturated rings. The maximum Gasteiger partial charge on any atom is 0.310 e. The van der Waals surface area contributed by atoms with Crippen LogP contribution in [-0.2, 0) is 14.3 Å². The number of methoxy groups -OCH3 is 1. The number of nitrogens with zero attached hydrogens (tertiary/aromatic N) is 1. The molecule has 0 spiro atoms. The minimum Gasteiger partial charge on any atom is -0.494 e. The molecule has 0 aromatic heterocycles. The Morgan fingerprint density at radius 1 is 1.17 bits per heavy atom. The Labute approximate surface area is 144 Å². The second-order valence-corrected chi connectivity index (χ2v) is 5.99. The molecule has 0 aliphatic carbocycles. The average molecular weight is 335 g/mol. The van der Waals surface area contributed by atoms with Crippen LogP contribution in [0.3, 0.4) is 0 Å². The first kappa shape index (κ1) is 20.0. The summed E-state index contributed by atoms with van der Waals surface area (Å²) < 4.78 is 10.4. The average Bonchev–Trinajstić information content (AvgIpc) is 2.62. The van der Waals surface area contributed by atoms with Crippen molar-refractivity contribution in [3.05, 3.63) is 30.3 Å². The van der Waals surface area contributed by atoms with E-state index in [1.54, 1.807) is 11.8 Å². The van der Waals surface area contributed by atoms with Gasteiger partial charge < -0.3 is 14.4 Å². The van der Waals surface area contributed by atoms with E-state index >= 15 is 0 Å². The second kappa shape index (κ2) is 10.7. The van der Waals surface area contributed by atoms with E-state index < -0.39 is 0 Å². The van der Waals surface area contributed by atoms with Crippen LogP contribution in [0.15, 0.2) is 30.3 Å². The van der Waals surface area contributed by atoms with Crippen molar-refractivity contribution in [3.8, 4) is 5.75 Å². The highest BCUT2D eigenvalue weighted by Gasteiger charge is 2.24. The Morgan fingerprint density at radius 3 is 2.42 bits per heavy atom. The molecule has 134 valence electrons. The fourth-order valence-electron chi connectivity index (χ4n) is 2.39. The molecule has 5 heteroatoms. The number of hydrogen-bond acceptors (Lipinski definition) is 4. The quantitative estimate of drug-likeness (QED) is 0.486. The lowest BCUT2D eigenvalue weighted by Gasteiger charge is -2.30. The van der Waals surface area contributed by atoms with Gasteiger partial charge in [-0.1, -0.05) is 32.0 Å². The predicted octanol–water partition coefficient (Wildman–Crippen LogP) is 3.28. The molecule has 0 saturated heterocycles. The Morgan fingerprint density at radius 2 is 1.83 bits per heavy atom. The second-order valence-electron chi connectivity index (χ2n) is 5.99. The van der Waals surface area contributed by atoms with Crippen LogP contribution in [0.1, 0.15) is 40.0 Å². The third-order valence-corrected chi connectivity index (χ3v) is 4.06. The first-order valence-electron chi connectivity index (χ1n) is 8.54. The van der Waals surface area contributed by atoms with Gasteiger partial charge in [-0.2, -0.15) is 0 Å². The van der Waals surface area contributed by atoms with Crippen LogP contribution >= 0.6 is 0 Å². The van der Waals surface area contributed by atoms with Gasteiger partial charge in [0.25, 0.3) is 0 Å². The van der Waals surface area contributed by atoms with Crippen molar-refractivity contribution in [2.45, 2.75) is 46.1 Å². The molecule has 0 radical (unpaired) electrons. The molecule has 0 bridgehead atoms. The van der Waals surface area contributed by atoms with Crippen LogP contribution in [-0.4, -0.2) is 43.1 Å². The molecule has 0 saturated carbocycles. The summed E-state index contributed by atoms with van der Waals surface area (Å²) >= 11 is 0. The molecular formula is C19H29NO4. The Kier molecular flexibility index (Phi) is 8.90. The van der Waals surface area contributed by atoms with E-state index in [4.69, 9.17) is 9.47 Å². The lowest BCUT2D eigenvalue weighted by atomic mass is 10.1. The van der Waals surface area contributed by atoms with E-state index in [1.807, 2.05) is 44.2 Å². The zero-order valence-corrected chi connectivity index (χ0v) is 15.2. The minimum absolute atomic E-state index is 0.0526. The van der Waals surface area contributed by atoms with Gasteiger partial charge in [-0.3, -0.25) is 9.59 Å². The van der Waals surface area contributed by atoms with Crippen molar-refractivity contribution in [3.63, 3.8) is 0 Å². The molecule has 1 amide bonds. The fraction of sp³-hybridized carbons (Fsp3) is 0.579. The molecule has 24 heavy (non-hydrogen) atoms. The lowest BCUT2D eigenvalue weighted by molar-refractivity contribution is -0.147. The molecular weight excluding hydrogens is 306 g/mol.